The van der Waals surface area contributed by atoms with Crippen molar-refractivity contribution in [3.8, 4) is 11.5 Å². The van der Waals surface area contributed by atoms with E-state index in [1.165, 1.54) is 12.1 Å². The molecule has 3 aromatic rings. The molecule has 0 fully saturated rings. The first kappa shape index (κ1) is 14.4. The average molecular weight is 312 g/mol. The van der Waals surface area contributed by atoms with Gasteiger partial charge in [0.2, 0.25) is 0 Å². The Morgan fingerprint density at radius 2 is 1.91 bits per heavy atom. The van der Waals surface area contributed by atoms with Crippen molar-refractivity contribution in [3.05, 3.63) is 70.2 Å². The van der Waals surface area contributed by atoms with Gasteiger partial charge in [0.25, 0.3) is 0 Å². The molecule has 0 saturated heterocycles. The summed E-state index contributed by atoms with van der Waals surface area (Å²) < 4.78 is 0. The van der Waals surface area contributed by atoms with Gasteiger partial charge in [-0.3, -0.25) is 9.90 Å². The molecular formula is C18H12ClO3. The van der Waals surface area contributed by atoms with Crippen molar-refractivity contribution in [2.45, 2.75) is 6.42 Å². The highest BCUT2D eigenvalue weighted by molar-refractivity contribution is 6.35. The number of benzene rings is 3. The largest absolute Gasteiger partial charge is 0.507 e. The molecule has 3 aromatic carbocycles. The van der Waals surface area contributed by atoms with Gasteiger partial charge in [-0.05, 0) is 29.1 Å². The molecular weight excluding hydrogens is 300 g/mol. The van der Waals surface area contributed by atoms with Crippen LogP contribution < -0.4 is 0 Å². The fraction of sp³-hybridized carbons (Fsp3) is 0.0556. The van der Waals surface area contributed by atoms with E-state index < -0.39 is 0 Å². The fourth-order valence-electron chi connectivity index (χ4n) is 2.51. The zero-order valence-corrected chi connectivity index (χ0v) is 12.3. The Kier molecular flexibility index (Phi) is 3.73. The van der Waals surface area contributed by atoms with Crippen LogP contribution in [0.2, 0.25) is 5.02 Å². The van der Waals surface area contributed by atoms with Crippen LogP contribution in [0.5, 0.6) is 11.5 Å². The molecule has 0 aliphatic heterocycles. The van der Waals surface area contributed by atoms with Gasteiger partial charge in [-0.2, -0.15) is 0 Å². The first-order valence-electron chi connectivity index (χ1n) is 6.74. The van der Waals surface area contributed by atoms with Crippen LogP contribution in [0.4, 0.5) is 0 Å². The summed E-state index contributed by atoms with van der Waals surface area (Å²) in [6.45, 7) is 0. The van der Waals surface area contributed by atoms with Crippen molar-refractivity contribution in [2.75, 3.05) is 0 Å². The molecule has 0 spiro atoms. The topological polar surface area (TPSA) is 57.2 Å². The number of hydrogen-bond donors (Lipinski definition) is 1. The summed E-state index contributed by atoms with van der Waals surface area (Å²) >= 11 is 6.13. The molecule has 1 radical (unpaired) electrons. The number of halogens is 1. The lowest BCUT2D eigenvalue weighted by Crippen LogP contribution is -1.93. The number of carbonyl (C=O) groups is 1. The molecule has 109 valence electrons. The third-order valence-corrected chi connectivity index (χ3v) is 4.00. The molecule has 0 saturated carbocycles. The van der Waals surface area contributed by atoms with Crippen LogP contribution in [-0.4, -0.2) is 11.4 Å². The molecule has 3 rings (SSSR count). The van der Waals surface area contributed by atoms with Crippen LogP contribution >= 0.6 is 11.6 Å². The normalized spacial score (nSPS) is 10.8. The number of phenols is 1. The minimum absolute atomic E-state index is 0.124. The molecule has 0 amide bonds. The maximum absolute atomic E-state index is 11.9. The minimum atomic E-state index is -0.283. The summed E-state index contributed by atoms with van der Waals surface area (Å²) in [5.41, 5.74) is 1.22. The van der Waals surface area contributed by atoms with Crippen LogP contribution in [0.15, 0.2) is 48.5 Å². The van der Waals surface area contributed by atoms with Gasteiger partial charge >= 0.3 is 0 Å². The van der Waals surface area contributed by atoms with Crippen molar-refractivity contribution in [2.24, 2.45) is 0 Å². The van der Waals surface area contributed by atoms with Crippen LogP contribution in [0.1, 0.15) is 21.5 Å². The Hall–Kier alpha value is -2.52. The third kappa shape index (κ3) is 2.51. The summed E-state index contributed by atoms with van der Waals surface area (Å²) in [4.78, 5) is 10.9. The molecule has 22 heavy (non-hydrogen) atoms. The average Bonchev–Trinajstić information content (AvgIpc) is 2.52. The quantitative estimate of drug-likeness (QED) is 0.710. The zero-order chi connectivity index (χ0) is 15.7. The summed E-state index contributed by atoms with van der Waals surface area (Å²) in [6, 6.07) is 13.9. The van der Waals surface area contributed by atoms with E-state index in [0.29, 0.717) is 11.3 Å². The number of carbonyl (C=O) groups excluding carboxylic acids is 1. The lowest BCUT2D eigenvalue weighted by molar-refractivity contribution is 0.112. The second kappa shape index (κ2) is 5.70. The first-order chi connectivity index (χ1) is 10.6. The third-order valence-electron chi connectivity index (χ3n) is 3.67. The number of fused-ring (bicyclic) bond motifs is 1. The summed E-state index contributed by atoms with van der Waals surface area (Å²) in [5, 5.41) is 24.5. The number of aldehydes is 1. The van der Waals surface area contributed by atoms with Gasteiger partial charge in [0.05, 0.1) is 5.56 Å². The fourth-order valence-corrected chi connectivity index (χ4v) is 2.75. The van der Waals surface area contributed by atoms with Gasteiger partial charge in [-0.25, -0.2) is 0 Å². The number of hydrogen-bond acceptors (Lipinski definition) is 2. The van der Waals surface area contributed by atoms with Gasteiger partial charge < -0.3 is 5.11 Å². The maximum atomic E-state index is 11.9. The van der Waals surface area contributed by atoms with E-state index in [0.717, 1.165) is 16.3 Å². The van der Waals surface area contributed by atoms with Crippen molar-refractivity contribution in [1.82, 2.24) is 0 Å². The molecule has 4 heteroatoms. The Morgan fingerprint density at radius 3 is 2.68 bits per heavy atom. The number of aromatic hydroxyl groups is 1. The van der Waals surface area contributed by atoms with Crippen LogP contribution in [0.25, 0.3) is 10.8 Å². The first-order valence-corrected chi connectivity index (χ1v) is 7.12. The predicted molar refractivity (Wildman–Crippen MR) is 85.4 cm³/mol. The molecule has 1 N–H and O–H groups in total. The van der Waals surface area contributed by atoms with Gasteiger partial charge in [0, 0.05) is 22.4 Å². The van der Waals surface area contributed by atoms with E-state index >= 15 is 0 Å². The summed E-state index contributed by atoms with van der Waals surface area (Å²) in [6.07, 6.45) is 0.799. The van der Waals surface area contributed by atoms with Crippen LogP contribution in [-0.2, 0) is 11.5 Å². The molecule has 3 nitrogen and oxygen atoms in total. The molecule has 0 bridgehead atoms. The molecule has 0 atom stereocenters. The van der Waals surface area contributed by atoms with E-state index in [1.54, 1.807) is 0 Å². The lowest BCUT2D eigenvalue weighted by Gasteiger charge is -2.09. The highest BCUT2D eigenvalue weighted by Gasteiger charge is 2.14. The van der Waals surface area contributed by atoms with Crippen molar-refractivity contribution >= 4 is 28.7 Å². The number of rotatable bonds is 3. The monoisotopic (exact) mass is 311 g/mol. The smallest absolute Gasteiger partial charge is 0.185 e. The van der Waals surface area contributed by atoms with Crippen molar-refractivity contribution in [3.63, 3.8) is 0 Å². The van der Waals surface area contributed by atoms with E-state index in [1.807, 2.05) is 36.4 Å². The molecule has 0 aliphatic carbocycles. The van der Waals surface area contributed by atoms with E-state index in [9.17, 15) is 15.0 Å². The molecule has 0 aliphatic rings. The Balaban J connectivity index is 2.05. The standard InChI is InChI=1S/C18H12ClO3/c19-16-3-1-2-12-8-11(4-6-14(12)16)9-15-17(21)7-5-13(10-20)18(15)22/h1-8,10,22H,9H2. The molecule has 0 unspecified atom stereocenters. The van der Waals surface area contributed by atoms with Gasteiger partial charge in [0.1, 0.15) is 5.75 Å². The highest BCUT2D eigenvalue weighted by atomic mass is 35.5. The van der Waals surface area contributed by atoms with Gasteiger partial charge in [0.15, 0.2) is 12.0 Å². The van der Waals surface area contributed by atoms with E-state index in [-0.39, 0.29) is 29.0 Å². The predicted octanol–water partition coefficient (Wildman–Crippen LogP) is 4.75. The van der Waals surface area contributed by atoms with Crippen molar-refractivity contribution in [1.29, 1.82) is 0 Å². The zero-order valence-electron chi connectivity index (χ0n) is 11.5. The van der Waals surface area contributed by atoms with Crippen LogP contribution in [0, 0.1) is 0 Å². The second-order valence-corrected chi connectivity index (χ2v) is 5.48. The van der Waals surface area contributed by atoms with Crippen molar-refractivity contribution < 1.29 is 15.0 Å². The maximum Gasteiger partial charge on any atom is 0.185 e. The van der Waals surface area contributed by atoms with Crippen LogP contribution in [0.3, 0.4) is 0 Å². The van der Waals surface area contributed by atoms with Gasteiger partial charge in [-0.1, -0.05) is 41.9 Å². The Labute approximate surface area is 132 Å². The molecule has 0 aromatic heterocycles. The molecule has 0 heterocycles. The minimum Gasteiger partial charge on any atom is -0.507 e. The SMILES string of the molecule is [O]c1ccc(C=O)c(O)c1Cc1ccc2c(Cl)cccc2c1. The highest BCUT2D eigenvalue weighted by Crippen LogP contribution is 2.33. The Bertz CT molecular complexity index is 872. The number of phenolic OH excluding ortho intramolecular Hbond substituents is 1. The van der Waals surface area contributed by atoms with Gasteiger partial charge in [-0.15, -0.1) is 0 Å². The Morgan fingerprint density at radius 1 is 1.09 bits per heavy atom. The van der Waals surface area contributed by atoms with E-state index in [4.69, 9.17) is 11.6 Å². The van der Waals surface area contributed by atoms with E-state index in [2.05, 4.69) is 0 Å². The second-order valence-electron chi connectivity index (χ2n) is 5.07. The summed E-state index contributed by atoms with van der Waals surface area (Å²) in [7, 11) is 0. The summed E-state index contributed by atoms with van der Waals surface area (Å²) in [5.74, 6) is -0.525. The lowest BCUT2D eigenvalue weighted by atomic mass is 9.98.